The van der Waals surface area contributed by atoms with Gasteiger partial charge in [0, 0.05) is 18.5 Å². The van der Waals surface area contributed by atoms with Crippen molar-refractivity contribution in [2.45, 2.75) is 19.3 Å². The van der Waals surface area contributed by atoms with Crippen LogP contribution in [0, 0.1) is 11.8 Å². The summed E-state index contributed by atoms with van der Waals surface area (Å²) in [6, 6.07) is 1.81. The van der Waals surface area contributed by atoms with Gasteiger partial charge in [0.15, 0.2) is 0 Å². The van der Waals surface area contributed by atoms with Gasteiger partial charge in [-0.1, -0.05) is 18.3 Å². The first-order chi connectivity index (χ1) is 8.79. The fourth-order valence-corrected chi connectivity index (χ4v) is 2.63. The first-order valence-electron chi connectivity index (χ1n) is 6.13. The number of carbonyl (C=O) groups excluding carboxylic acids is 1. The summed E-state index contributed by atoms with van der Waals surface area (Å²) in [5.74, 6) is 5.67. The minimum Gasteiger partial charge on any atom is -0.320 e. The molecular weight excluding hydrogens is 246 g/mol. The van der Waals surface area contributed by atoms with Gasteiger partial charge in [0.2, 0.25) is 0 Å². The highest BCUT2D eigenvalue weighted by Gasteiger charge is 2.14. The highest BCUT2D eigenvalue weighted by Crippen LogP contribution is 2.14. The average Bonchev–Trinajstić information content (AvgIpc) is 2.86. The number of nitrogens with one attached hydrogen (secondary N) is 1. The van der Waals surface area contributed by atoms with E-state index in [-0.39, 0.29) is 5.91 Å². The maximum absolute atomic E-state index is 12.0. The standard InChI is InChI=1S/C13H17N3OS/c14-6-4-5-12-9-11(10-18-12)13(17)15-16-7-2-1-3-8-16/h9-10H,1-3,6-8,14H2,(H,15,17). The number of piperidine rings is 1. The fourth-order valence-electron chi connectivity index (χ4n) is 1.87. The Hall–Kier alpha value is -1.35. The van der Waals surface area contributed by atoms with Gasteiger partial charge < -0.3 is 5.73 Å². The lowest BCUT2D eigenvalue weighted by Crippen LogP contribution is -2.44. The zero-order chi connectivity index (χ0) is 12.8. The molecule has 96 valence electrons. The molecule has 0 spiro atoms. The van der Waals surface area contributed by atoms with E-state index < -0.39 is 0 Å². The summed E-state index contributed by atoms with van der Waals surface area (Å²) in [7, 11) is 0. The minimum absolute atomic E-state index is 0.0473. The van der Waals surface area contributed by atoms with Crippen molar-refractivity contribution in [2.24, 2.45) is 5.73 Å². The Kier molecular flexibility index (Phi) is 4.76. The molecule has 2 heterocycles. The zero-order valence-electron chi connectivity index (χ0n) is 10.2. The Morgan fingerprint density at radius 3 is 2.94 bits per heavy atom. The Labute approximate surface area is 111 Å². The van der Waals surface area contributed by atoms with E-state index in [2.05, 4.69) is 17.3 Å². The molecule has 1 aromatic heterocycles. The molecule has 1 amide bonds. The Bertz CT molecular complexity index is 466. The molecule has 5 heteroatoms. The monoisotopic (exact) mass is 263 g/mol. The molecule has 0 atom stereocenters. The predicted octanol–water partition coefficient (Wildman–Crippen LogP) is 1.19. The number of hydrazine groups is 1. The van der Waals surface area contributed by atoms with Gasteiger partial charge in [0.25, 0.3) is 5.91 Å². The molecule has 0 unspecified atom stereocenters. The SMILES string of the molecule is NCC#Cc1cc(C(=O)NN2CCCCC2)cs1. The molecule has 0 aliphatic carbocycles. The number of nitrogens with zero attached hydrogens (tertiary/aromatic N) is 1. The Morgan fingerprint density at radius 1 is 1.44 bits per heavy atom. The molecule has 1 fully saturated rings. The van der Waals surface area contributed by atoms with E-state index in [1.54, 1.807) is 0 Å². The van der Waals surface area contributed by atoms with Gasteiger partial charge in [0.05, 0.1) is 17.0 Å². The quantitative estimate of drug-likeness (QED) is 0.788. The molecule has 18 heavy (non-hydrogen) atoms. The molecule has 4 nitrogen and oxygen atoms in total. The number of nitrogens with two attached hydrogens (primary N) is 1. The van der Waals surface area contributed by atoms with Gasteiger partial charge >= 0.3 is 0 Å². The van der Waals surface area contributed by atoms with Crippen LogP contribution in [-0.4, -0.2) is 30.6 Å². The fraction of sp³-hybridized carbons (Fsp3) is 0.462. The number of thiophene rings is 1. The molecular formula is C13H17N3OS. The van der Waals surface area contributed by atoms with E-state index in [0.717, 1.165) is 30.8 Å². The summed E-state index contributed by atoms with van der Waals surface area (Å²) < 4.78 is 0. The van der Waals surface area contributed by atoms with Gasteiger partial charge in [-0.3, -0.25) is 10.2 Å². The van der Waals surface area contributed by atoms with Crippen LogP contribution in [0.4, 0.5) is 0 Å². The summed E-state index contributed by atoms with van der Waals surface area (Å²) in [5.41, 5.74) is 8.92. The number of carbonyl (C=O) groups is 1. The molecule has 0 radical (unpaired) electrons. The lowest BCUT2D eigenvalue weighted by atomic mass is 10.2. The summed E-state index contributed by atoms with van der Waals surface area (Å²) in [6.45, 7) is 2.22. The maximum atomic E-state index is 12.0. The van der Waals surface area contributed by atoms with Crippen molar-refractivity contribution in [3.05, 3.63) is 21.9 Å². The third-order valence-corrected chi connectivity index (χ3v) is 3.64. The second kappa shape index (κ2) is 6.55. The van der Waals surface area contributed by atoms with Gasteiger partial charge in [-0.05, 0) is 18.9 Å². The van der Waals surface area contributed by atoms with Crippen LogP contribution in [-0.2, 0) is 0 Å². The lowest BCUT2D eigenvalue weighted by Gasteiger charge is -2.26. The Balaban J connectivity index is 1.93. The average molecular weight is 263 g/mol. The van der Waals surface area contributed by atoms with Crippen molar-refractivity contribution in [1.82, 2.24) is 10.4 Å². The van der Waals surface area contributed by atoms with Crippen molar-refractivity contribution in [3.63, 3.8) is 0 Å². The summed E-state index contributed by atoms with van der Waals surface area (Å²) >= 11 is 1.47. The van der Waals surface area contributed by atoms with E-state index in [1.165, 1.54) is 17.8 Å². The van der Waals surface area contributed by atoms with Crippen LogP contribution in [0.2, 0.25) is 0 Å². The van der Waals surface area contributed by atoms with E-state index >= 15 is 0 Å². The van der Waals surface area contributed by atoms with Crippen molar-refractivity contribution < 1.29 is 4.79 Å². The van der Waals surface area contributed by atoms with Crippen LogP contribution in [0.1, 0.15) is 34.5 Å². The van der Waals surface area contributed by atoms with E-state index in [1.807, 2.05) is 16.5 Å². The van der Waals surface area contributed by atoms with Crippen LogP contribution in [0.25, 0.3) is 0 Å². The molecule has 0 aromatic carbocycles. The van der Waals surface area contributed by atoms with Crippen LogP contribution < -0.4 is 11.2 Å². The second-order valence-electron chi connectivity index (χ2n) is 4.19. The van der Waals surface area contributed by atoms with E-state index in [4.69, 9.17) is 5.73 Å². The number of hydrogen-bond donors (Lipinski definition) is 2. The molecule has 1 aliphatic rings. The highest BCUT2D eigenvalue weighted by molar-refractivity contribution is 7.10. The highest BCUT2D eigenvalue weighted by atomic mass is 32.1. The van der Waals surface area contributed by atoms with Crippen molar-refractivity contribution >= 4 is 17.2 Å². The number of amides is 1. The minimum atomic E-state index is -0.0473. The van der Waals surface area contributed by atoms with Crippen molar-refractivity contribution in [1.29, 1.82) is 0 Å². The third-order valence-electron chi connectivity index (χ3n) is 2.79. The second-order valence-corrected chi connectivity index (χ2v) is 5.11. The maximum Gasteiger partial charge on any atom is 0.266 e. The molecule has 1 aromatic rings. The number of rotatable bonds is 2. The lowest BCUT2D eigenvalue weighted by molar-refractivity contribution is 0.0750. The van der Waals surface area contributed by atoms with Crippen LogP contribution >= 0.6 is 11.3 Å². The van der Waals surface area contributed by atoms with E-state index in [0.29, 0.717) is 12.1 Å². The summed E-state index contributed by atoms with van der Waals surface area (Å²) in [5, 5.41) is 3.83. The van der Waals surface area contributed by atoms with Gasteiger partial charge in [-0.2, -0.15) is 0 Å². The van der Waals surface area contributed by atoms with E-state index in [9.17, 15) is 4.79 Å². The van der Waals surface area contributed by atoms with Crippen LogP contribution in [0.5, 0.6) is 0 Å². The normalized spacial score (nSPS) is 15.8. The molecule has 3 N–H and O–H groups in total. The third kappa shape index (κ3) is 3.57. The first kappa shape index (κ1) is 13.1. The molecule has 1 saturated heterocycles. The number of hydrogen-bond acceptors (Lipinski definition) is 4. The summed E-state index contributed by atoms with van der Waals surface area (Å²) in [6.07, 6.45) is 3.55. The topological polar surface area (TPSA) is 58.4 Å². The molecule has 1 aliphatic heterocycles. The van der Waals surface area contributed by atoms with Crippen LogP contribution in [0.3, 0.4) is 0 Å². The largest absolute Gasteiger partial charge is 0.320 e. The van der Waals surface area contributed by atoms with Gasteiger partial charge in [-0.25, -0.2) is 5.01 Å². The van der Waals surface area contributed by atoms with Crippen molar-refractivity contribution in [2.75, 3.05) is 19.6 Å². The van der Waals surface area contributed by atoms with Gasteiger partial charge in [0.1, 0.15) is 0 Å². The molecule has 0 bridgehead atoms. The molecule has 2 rings (SSSR count). The Morgan fingerprint density at radius 2 is 2.22 bits per heavy atom. The van der Waals surface area contributed by atoms with Crippen molar-refractivity contribution in [3.8, 4) is 11.8 Å². The predicted molar refractivity (Wildman–Crippen MR) is 73.1 cm³/mol. The van der Waals surface area contributed by atoms with Gasteiger partial charge in [-0.15, -0.1) is 11.3 Å². The smallest absolute Gasteiger partial charge is 0.266 e. The van der Waals surface area contributed by atoms with Crippen LogP contribution in [0.15, 0.2) is 11.4 Å². The zero-order valence-corrected chi connectivity index (χ0v) is 11.1. The summed E-state index contributed by atoms with van der Waals surface area (Å²) in [4.78, 5) is 12.9. The first-order valence-corrected chi connectivity index (χ1v) is 7.01. The molecule has 0 saturated carbocycles.